The van der Waals surface area contributed by atoms with Crippen LogP contribution in [0.25, 0.3) is 11.3 Å². The topological polar surface area (TPSA) is 43.4 Å². The first-order valence-corrected chi connectivity index (χ1v) is 8.70. The monoisotopic (exact) mass is 368 g/mol. The van der Waals surface area contributed by atoms with Gasteiger partial charge in [-0.15, -0.1) is 0 Å². The predicted molar refractivity (Wildman–Crippen MR) is 106 cm³/mol. The maximum atomic E-state index is 6.06. The molecule has 1 N–H and O–H groups in total. The third-order valence-corrected chi connectivity index (χ3v) is 4.39. The summed E-state index contributed by atoms with van der Waals surface area (Å²) >= 11 is 5.99. The van der Waals surface area contributed by atoms with E-state index in [1.165, 1.54) is 0 Å². The minimum atomic E-state index is 0.412. The lowest BCUT2D eigenvalue weighted by Crippen LogP contribution is -2.04. The van der Waals surface area contributed by atoms with Gasteiger partial charge >= 0.3 is 0 Å². The van der Waals surface area contributed by atoms with E-state index in [4.69, 9.17) is 21.1 Å². The average Bonchev–Trinajstić information content (AvgIpc) is 2.66. The summed E-state index contributed by atoms with van der Waals surface area (Å²) in [6, 6.07) is 17.5. The molecular weight excluding hydrogens is 348 g/mol. The Kier molecular flexibility index (Phi) is 5.64. The molecule has 0 spiro atoms. The zero-order valence-corrected chi connectivity index (χ0v) is 15.8. The molecule has 0 aliphatic carbocycles. The van der Waals surface area contributed by atoms with Crippen LogP contribution in [-0.2, 0) is 6.61 Å². The number of pyridine rings is 1. The zero-order chi connectivity index (χ0) is 18.5. The molecule has 4 nitrogen and oxygen atoms in total. The minimum Gasteiger partial charge on any atom is -0.496 e. The number of nitrogens with zero attached hydrogens (tertiary/aromatic N) is 1. The number of benzene rings is 2. The fraction of sp³-hybridized carbons (Fsp3) is 0.190. The van der Waals surface area contributed by atoms with Crippen molar-refractivity contribution in [3.8, 4) is 22.8 Å². The number of hydrogen-bond donors (Lipinski definition) is 1. The molecule has 0 saturated carbocycles. The zero-order valence-electron chi connectivity index (χ0n) is 15.0. The predicted octanol–water partition coefficient (Wildman–Crippen LogP) is 5.34. The van der Waals surface area contributed by atoms with Crippen LogP contribution in [0.3, 0.4) is 0 Å². The van der Waals surface area contributed by atoms with Crippen molar-refractivity contribution in [2.24, 2.45) is 0 Å². The highest BCUT2D eigenvalue weighted by molar-refractivity contribution is 6.29. The van der Waals surface area contributed by atoms with Crippen molar-refractivity contribution in [3.05, 3.63) is 70.9 Å². The highest BCUT2D eigenvalue weighted by Gasteiger charge is 2.11. The lowest BCUT2D eigenvalue weighted by molar-refractivity contribution is 0.295. The van der Waals surface area contributed by atoms with E-state index in [0.717, 1.165) is 39.6 Å². The Morgan fingerprint density at radius 1 is 1.04 bits per heavy atom. The molecule has 1 aromatic heterocycles. The van der Waals surface area contributed by atoms with Gasteiger partial charge in [-0.05, 0) is 55.0 Å². The summed E-state index contributed by atoms with van der Waals surface area (Å²) in [6.45, 7) is 2.43. The standard InChI is InChI=1S/C21H21ClN2O2/c1-14-12-15(17-6-5-9-21(22)24-17)10-11-19(14)26-13-16-18(23-2)7-4-8-20(16)25-3/h4-12,23H,13H2,1-3H3. The first-order valence-electron chi connectivity index (χ1n) is 8.32. The van der Waals surface area contributed by atoms with Gasteiger partial charge in [0.1, 0.15) is 23.3 Å². The Morgan fingerprint density at radius 2 is 1.85 bits per heavy atom. The highest BCUT2D eigenvalue weighted by Crippen LogP contribution is 2.30. The van der Waals surface area contributed by atoms with Crippen molar-refractivity contribution >= 4 is 17.3 Å². The lowest BCUT2D eigenvalue weighted by atomic mass is 10.1. The van der Waals surface area contributed by atoms with E-state index in [2.05, 4.69) is 16.4 Å². The van der Waals surface area contributed by atoms with E-state index in [-0.39, 0.29) is 0 Å². The summed E-state index contributed by atoms with van der Waals surface area (Å²) in [5.74, 6) is 1.62. The number of anilines is 1. The molecule has 0 atom stereocenters. The Balaban J connectivity index is 1.82. The van der Waals surface area contributed by atoms with Crippen LogP contribution in [0.4, 0.5) is 5.69 Å². The Hall–Kier alpha value is -2.72. The molecule has 0 unspecified atom stereocenters. The first kappa shape index (κ1) is 18.1. The van der Waals surface area contributed by atoms with Gasteiger partial charge in [-0.1, -0.05) is 23.7 Å². The summed E-state index contributed by atoms with van der Waals surface area (Å²) in [6.07, 6.45) is 0. The molecule has 1 heterocycles. The van der Waals surface area contributed by atoms with Crippen LogP contribution in [-0.4, -0.2) is 19.1 Å². The molecule has 0 saturated heterocycles. The maximum Gasteiger partial charge on any atom is 0.129 e. The van der Waals surface area contributed by atoms with E-state index in [0.29, 0.717) is 11.8 Å². The second-order valence-corrected chi connectivity index (χ2v) is 6.24. The van der Waals surface area contributed by atoms with Crippen LogP contribution in [0.1, 0.15) is 11.1 Å². The first-order chi connectivity index (χ1) is 12.6. The third kappa shape index (κ3) is 3.92. The number of aromatic nitrogens is 1. The second-order valence-electron chi connectivity index (χ2n) is 5.85. The van der Waals surface area contributed by atoms with Gasteiger partial charge in [-0.2, -0.15) is 0 Å². The molecule has 2 aromatic carbocycles. The number of aryl methyl sites for hydroxylation is 1. The number of nitrogens with one attached hydrogen (secondary N) is 1. The van der Waals surface area contributed by atoms with Gasteiger partial charge in [-0.25, -0.2) is 4.98 Å². The summed E-state index contributed by atoms with van der Waals surface area (Å²) in [4.78, 5) is 4.35. The molecule has 0 aliphatic rings. The van der Waals surface area contributed by atoms with Gasteiger partial charge in [-0.3, -0.25) is 0 Å². The molecule has 3 aromatic rings. The van der Waals surface area contributed by atoms with Crippen molar-refractivity contribution < 1.29 is 9.47 Å². The minimum absolute atomic E-state index is 0.412. The Labute approximate surface area is 158 Å². The SMILES string of the molecule is CNc1cccc(OC)c1COc1ccc(-c2cccc(Cl)n2)cc1C. The highest BCUT2D eigenvalue weighted by atomic mass is 35.5. The molecule has 0 fully saturated rings. The maximum absolute atomic E-state index is 6.06. The van der Waals surface area contributed by atoms with Gasteiger partial charge in [0.05, 0.1) is 18.4 Å². The summed E-state index contributed by atoms with van der Waals surface area (Å²) in [7, 11) is 3.55. The van der Waals surface area contributed by atoms with Crippen molar-refractivity contribution in [2.75, 3.05) is 19.5 Å². The molecule has 0 bridgehead atoms. The van der Waals surface area contributed by atoms with Crippen LogP contribution in [0, 0.1) is 6.92 Å². The molecule has 5 heteroatoms. The molecule has 0 amide bonds. The number of rotatable bonds is 6. The molecule has 3 rings (SSSR count). The quantitative estimate of drug-likeness (QED) is 0.596. The van der Waals surface area contributed by atoms with E-state index < -0.39 is 0 Å². The number of hydrogen-bond acceptors (Lipinski definition) is 4. The summed E-state index contributed by atoms with van der Waals surface area (Å²) < 4.78 is 11.5. The van der Waals surface area contributed by atoms with Crippen LogP contribution in [0.15, 0.2) is 54.6 Å². The van der Waals surface area contributed by atoms with Gasteiger partial charge in [0.25, 0.3) is 0 Å². The fourth-order valence-electron chi connectivity index (χ4n) is 2.83. The number of halogens is 1. The van der Waals surface area contributed by atoms with Crippen molar-refractivity contribution in [3.63, 3.8) is 0 Å². The van der Waals surface area contributed by atoms with Crippen LogP contribution in [0.5, 0.6) is 11.5 Å². The fourth-order valence-corrected chi connectivity index (χ4v) is 2.99. The summed E-state index contributed by atoms with van der Waals surface area (Å²) in [5, 5.41) is 3.66. The van der Waals surface area contributed by atoms with Crippen LogP contribution < -0.4 is 14.8 Å². The molecule has 26 heavy (non-hydrogen) atoms. The largest absolute Gasteiger partial charge is 0.496 e. The van der Waals surface area contributed by atoms with Gasteiger partial charge in [0, 0.05) is 18.3 Å². The third-order valence-electron chi connectivity index (χ3n) is 4.18. The van der Waals surface area contributed by atoms with Crippen molar-refractivity contribution in [2.45, 2.75) is 13.5 Å². The van der Waals surface area contributed by atoms with E-state index in [9.17, 15) is 0 Å². The lowest BCUT2D eigenvalue weighted by Gasteiger charge is -2.16. The molecule has 134 valence electrons. The normalized spacial score (nSPS) is 10.5. The van der Waals surface area contributed by atoms with Crippen LogP contribution in [0.2, 0.25) is 5.15 Å². The van der Waals surface area contributed by atoms with Crippen molar-refractivity contribution in [1.29, 1.82) is 0 Å². The second kappa shape index (κ2) is 8.11. The van der Waals surface area contributed by atoms with Crippen LogP contribution >= 0.6 is 11.6 Å². The van der Waals surface area contributed by atoms with E-state index >= 15 is 0 Å². The summed E-state index contributed by atoms with van der Waals surface area (Å²) in [5.41, 5.74) is 4.85. The van der Waals surface area contributed by atoms with Crippen molar-refractivity contribution in [1.82, 2.24) is 4.98 Å². The number of methoxy groups -OCH3 is 1. The molecule has 0 aliphatic heterocycles. The van der Waals surface area contributed by atoms with Gasteiger partial charge in [0.15, 0.2) is 0 Å². The molecular formula is C21H21ClN2O2. The number of ether oxygens (including phenoxy) is 2. The van der Waals surface area contributed by atoms with E-state index in [1.54, 1.807) is 13.2 Å². The Bertz CT molecular complexity index is 890. The smallest absolute Gasteiger partial charge is 0.129 e. The Morgan fingerprint density at radius 3 is 2.54 bits per heavy atom. The van der Waals surface area contributed by atoms with Gasteiger partial charge < -0.3 is 14.8 Å². The molecule has 0 radical (unpaired) electrons. The van der Waals surface area contributed by atoms with E-state index in [1.807, 2.05) is 56.4 Å². The van der Waals surface area contributed by atoms with Gasteiger partial charge in [0.2, 0.25) is 0 Å². The average molecular weight is 369 g/mol.